The Hall–Kier alpha value is -0.0000000000000000555. The van der Waals surface area contributed by atoms with E-state index in [0.717, 1.165) is 0 Å². The Bertz CT molecular complexity index is 272. The third-order valence-electron chi connectivity index (χ3n) is 1.56. The minimum Gasteiger partial charge on any atom is -0.316 e. The van der Waals surface area contributed by atoms with Gasteiger partial charge in [-0.15, -0.1) is 11.3 Å². The van der Waals surface area contributed by atoms with Crippen molar-refractivity contribution in [1.82, 2.24) is 0 Å². The van der Waals surface area contributed by atoms with Crippen LogP contribution in [0.25, 0.3) is 0 Å². The lowest BCUT2D eigenvalue weighted by Gasteiger charge is -2.22. The molecule has 0 bridgehead atoms. The zero-order valence-corrected chi connectivity index (χ0v) is 8.75. The molecule has 0 saturated carbocycles. The molecule has 0 spiro atoms. The van der Waals surface area contributed by atoms with Crippen molar-refractivity contribution in [2.75, 3.05) is 0 Å². The van der Waals surface area contributed by atoms with E-state index < -0.39 is 12.0 Å². The summed E-state index contributed by atoms with van der Waals surface area (Å²) in [6, 6.07) is 1.72. The van der Waals surface area contributed by atoms with Gasteiger partial charge in [0.1, 0.15) is 5.54 Å². The summed E-state index contributed by atoms with van der Waals surface area (Å²) in [4.78, 5) is 0.484. The van der Waals surface area contributed by atoms with Crippen molar-refractivity contribution in [2.45, 2.75) is 18.9 Å². The maximum absolute atomic E-state index is 12.4. The number of rotatable bonds is 2. The number of alkyl halides is 2. The summed E-state index contributed by atoms with van der Waals surface area (Å²) in [5.74, 6) is 0. The highest BCUT2D eigenvalue weighted by Gasteiger charge is 2.35. The Labute approximate surface area is 81.7 Å². The number of nitrogens with two attached hydrogens (primary N) is 1. The Morgan fingerprint density at radius 2 is 2.25 bits per heavy atom. The van der Waals surface area contributed by atoms with Crippen molar-refractivity contribution in [3.05, 3.63) is 20.8 Å². The Balaban J connectivity index is 3.05. The minimum absolute atomic E-state index is 0.484. The molecule has 1 rings (SSSR count). The normalized spacial score (nSPS) is 16.5. The van der Waals surface area contributed by atoms with Crippen LogP contribution in [-0.4, -0.2) is 6.43 Å². The van der Waals surface area contributed by atoms with E-state index in [1.54, 1.807) is 11.4 Å². The van der Waals surface area contributed by atoms with Crippen LogP contribution in [0.2, 0.25) is 0 Å². The van der Waals surface area contributed by atoms with Crippen LogP contribution in [0.4, 0.5) is 8.78 Å². The monoisotopic (exact) mass is 255 g/mol. The fourth-order valence-electron chi connectivity index (χ4n) is 0.777. The molecule has 1 aromatic rings. The summed E-state index contributed by atoms with van der Waals surface area (Å²) in [6.07, 6.45) is -2.55. The second-order valence-corrected chi connectivity index (χ2v) is 4.45. The molecule has 1 heterocycles. The first-order valence-corrected chi connectivity index (χ1v) is 4.94. The van der Waals surface area contributed by atoms with Gasteiger partial charge in [-0.05, 0) is 34.3 Å². The highest BCUT2D eigenvalue weighted by molar-refractivity contribution is 9.10. The molecule has 68 valence electrons. The first-order valence-electron chi connectivity index (χ1n) is 3.26. The fraction of sp³-hybridized carbons (Fsp3) is 0.429. The van der Waals surface area contributed by atoms with Gasteiger partial charge in [0, 0.05) is 9.35 Å². The van der Waals surface area contributed by atoms with Gasteiger partial charge >= 0.3 is 0 Å². The molecule has 1 aromatic heterocycles. The SMILES string of the molecule is CC(N)(c1sccc1Br)C(F)F. The Morgan fingerprint density at radius 3 is 2.58 bits per heavy atom. The van der Waals surface area contributed by atoms with E-state index in [2.05, 4.69) is 15.9 Å². The van der Waals surface area contributed by atoms with E-state index in [9.17, 15) is 8.78 Å². The van der Waals surface area contributed by atoms with Crippen molar-refractivity contribution in [3.63, 3.8) is 0 Å². The summed E-state index contributed by atoms with van der Waals surface area (Å²) in [5, 5.41) is 1.73. The van der Waals surface area contributed by atoms with Gasteiger partial charge in [0.25, 0.3) is 6.43 Å². The highest BCUT2D eigenvalue weighted by Crippen LogP contribution is 2.35. The molecule has 5 heteroatoms. The largest absolute Gasteiger partial charge is 0.316 e. The Morgan fingerprint density at radius 1 is 1.67 bits per heavy atom. The molecule has 0 aliphatic heterocycles. The second-order valence-electron chi connectivity index (χ2n) is 2.68. The average molecular weight is 256 g/mol. The van der Waals surface area contributed by atoms with E-state index in [0.29, 0.717) is 9.35 Å². The van der Waals surface area contributed by atoms with Crippen LogP contribution in [0.15, 0.2) is 15.9 Å². The minimum atomic E-state index is -2.55. The summed E-state index contributed by atoms with van der Waals surface area (Å²) >= 11 is 4.40. The molecule has 0 amide bonds. The first kappa shape index (κ1) is 10.1. The standard InChI is InChI=1S/C7H8BrF2NS/c1-7(11,6(9)10)5-4(8)2-3-12-5/h2-3,6H,11H2,1H3. The van der Waals surface area contributed by atoms with Gasteiger partial charge in [0.2, 0.25) is 0 Å². The molecule has 1 nitrogen and oxygen atoms in total. The second kappa shape index (κ2) is 3.40. The summed E-state index contributed by atoms with van der Waals surface area (Å²) < 4.78 is 25.5. The first-order chi connectivity index (χ1) is 5.46. The molecule has 2 N–H and O–H groups in total. The van der Waals surface area contributed by atoms with Crippen molar-refractivity contribution < 1.29 is 8.78 Å². The highest BCUT2D eigenvalue weighted by atomic mass is 79.9. The third kappa shape index (κ3) is 1.67. The smallest absolute Gasteiger partial charge is 0.260 e. The van der Waals surface area contributed by atoms with Crippen LogP contribution < -0.4 is 5.73 Å². The van der Waals surface area contributed by atoms with Gasteiger partial charge in [0.05, 0.1) is 0 Å². The lowest BCUT2D eigenvalue weighted by atomic mass is 10.0. The average Bonchev–Trinajstić information content (AvgIpc) is 2.35. The quantitative estimate of drug-likeness (QED) is 0.864. The van der Waals surface area contributed by atoms with Crippen molar-refractivity contribution in [1.29, 1.82) is 0 Å². The van der Waals surface area contributed by atoms with Gasteiger partial charge < -0.3 is 5.73 Å². The van der Waals surface area contributed by atoms with Gasteiger partial charge in [0.15, 0.2) is 0 Å². The Kier molecular flexibility index (Phi) is 2.85. The molecule has 1 atom stereocenters. The molecular formula is C7H8BrF2NS. The maximum atomic E-state index is 12.4. The summed E-state index contributed by atoms with van der Waals surface area (Å²) in [5.41, 5.74) is 3.91. The predicted molar refractivity (Wildman–Crippen MR) is 49.6 cm³/mol. The molecular weight excluding hydrogens is 248 g/mol. The topological polar surface area (TPSA) is 26.0 Å². The molecule has 12 heavy (non-hydrogen) atoms. The number of thiophene rings is 1. The van der Waals surface area contributed by atoms with Gasteiger partial charge in [-0.2, -0.15) is 0 Å². The lowest BCUT2D eigenvalue weighted by Crippen LogP contribution is -2.40. The van der Waals surface area contributed by atoms with Crippen LogP contribution in [0.3, 0.4) is 0 Å². The molecule has 0 fully saturated rings. The summed E-state index contributed by atoms with van der Waals surface area (Å²) in [7, 11) is 0. The summed E-state index contributed by atoms with van der Waals surface area (Å²) in [6.45, 7) is 1.33. The van der Waals surface area contributed by atoms with E-state index in [1.165, 1.54) is 18.3 Å². The molecule has 0 radical (unpaired) electrons. The number of halogens is 3. The maximum Gasteiger partial charge on any atom is 0.260 e. The van der Waals surface area contributed by atoms with E-state index >= 15 is 0 Å². The van der Waals surface area contributed by atoms with Crippen LogP contribution >= 0.6 is 27.3 Å². The van der Waals surface area contributed by atoms with Crippen LogP contribution in [0, 0.1) is 0 Å². The number of hydrogen-bond acceptors (Lipinski definition) is 2. The van der Waals surface area contributed by atoms with Gasteiger partial charge in [-0.1, -0.05) is 0 Å². The van der Waals surface area contributed by atoms with Gasteiger partial charge in [-0.25, -0.2) is 8.78 Å². The van der Waals surface area contributed by atoms with E-state index in [1.807, 2.05) is 0 Å². The predicted octanol–water partition coefficient (Wildman–Crippen LogP) is 2.95. The molecule has 0 aliphatic rings. The van der Waals surface area contributed by atoms with Crippen LogP contribution in [-0.2, 0) is 5.54 Å². The third-order valence-corrected chi connectivity index (χ3v) is 3.65. The van der Waals surface area contributed by atoms with E-state index in [-0.39, 0.29) is 0 Å². The number of hydrogen-bond donors (Lipinski definition) is 1. The molecule has 0 saturated heterocycles. The van der Waals surface area contributed by atoms with Gasteiger partial charge in [-0.3, -0.25) is 0 Å². The molecule has 1 unspecified atom stereocenters. The zero-order valence-electron chi connectivity index (χ0n) is 6.35. The van der Waals surface area contributed by atoms with Crippen LogP contribution in [0.1, 0.15) is 11.8 Å². The molecule has 0 aliphatic carbocycles. The van der Waals surface area contributed by atoms with Crippen molar-refractivity contribution >= 4 is 27.3 Å². The zero-order chi connectivity index (χ0) is 9.35. The van der Waals surface area contributed by atoms with E-state index in [4.69, 9.17) is 5.73 Å². The van der Waals surface area contributed by atoms with Crippen molar-refractivity contribution in [3.8, 4) is 0 Å². The van der Waals surface area contributed by atoms with Crippen molar-refractivity contribution in [2.24, 2.45) is 5.73 Å². The molecule has 0 aromatic carbocycles. The lowest BCUT2D eigenvalue weighted by molar-refractivity contribution is 0.0641. The van der Waals surface area contributed by atoms with Crippen LogP contribution in [0.5, 0.6) is 0 Å². The fourth-order valence-corrected chi connectivity index (χ4v) is 2.66.